The van der Waals surface area contributed by atoms with E-state index in [1.807, 2.05) is 44.2 Å². The molecule has 1 unspecified atom stereocenters. The lowest BCUT2D eigenvalue weighted by atomic mass is 10.0. The minimum atomic E-state index is -0.820. The Morgan fingerprint density at radius 3 is 2.39 bits per heavy atom. The van der Waals surface area contributed by atoms with E-state index in [1.54, 1.807) is 6.08 Å². The van der Waals surface area contributed by atoms with Crippen molar-refractivity contribution in [2.75, 3.05) is 0 Å². The summed E-state index contributed by atoms with van der Waals surface area (Å²) in [6.45, 7) is 3.79. The zero-order valence-electron chi connectivity index (χ0n) is 10.4. The number of benzene rings is 1. The van der Waals surface area contributed by atoms with Crippen LogP contribution in [0.2, 0.25) is 0 Å². The van der Waals surface area contributed by atoms with Gasteiger partial charge in [0.15, 0.2) is 0 Å². The van der Waals surface area contributed by atoms with Gasteiger partial charge < -0.3 is 5.11 Å². The van der Waals surface area contributed by atoms with Crippen molar-refractivity contribution in [3.05, 3.63) is 41.5 Å². The van der Waals surface area contributed by atoms with E-state index >= 15 is 0 Å². The number of allylic oxidation sites excluding steroid dienone is 1. The Balaban J connectivity index is 2.30. The second kappa shape index (κ2) is 4.30. The Morgan fingerprint density at radius 1 is 1.33 bits per heavy atom. The highest BCUT2D eigenvalue weighted by atomic mass is 16.4. The number of carbonyl (C=O) groups is 1. The molecule has 0 bridgehead atoms. The zero-order valence-corrected chi connectivity index (χ0v) is 10.4. The van der Waals surface area contributed by atoms with Crippen LogP contribution in [0.15, 0.2) is 35.9 Å². The van der Waals surface area contributed by atoms with Crippen LogP contribution in [0.5, 0.6) is 0 Å². The Labute approximate surface area is 106 Å². The summed E-state index contributed by atoms with van der Waals surface area (Å²) >= 11 is 0. The van der Waals surface area contributed by atoms with E-state index in [2.05, 4.69) is 6.07 Å². The zero-order chi connectivity index (χ0) is 13.3. The highest BCUT2D eigenvalue weighted by Crippen LogP contribution is 2.61. The third-order valence-electron chi connectivity index (χ3n) is 3.68. The minimum absolute atomic E-state index is 0.180. The van der Waals surface area contributed by atoms with Crippen LogP contribution in [0.25, 0.3) is 6.08 Å². The highest BCUT2D eigenvalue weighted by molar-refractivity contribution is 5.78. The molecule has 92 valence electrons. The maximum Gasteiger partial charge on any atom is 0.307 e. The topological polar surface area (TPSA) is 61.1 Å². The van der Waals surface area contributed by atoms with E-state index in [4.69, 9.17) is 5.11 Å². The van der Waals surface area contributed by atoms with Gasteiger partial charge in [-0.05, 0) is 17.1 Å². The van der Waals surface area contributed by atoms with Crippen molar-refractivity contribution in [1.29, 1.82) is 5.26 Å². The second-order valence-corrected chi connectivity index (χ2v) is 5.24. The summed E-state index contributed by atoms with van der Waals surface area (Å²) < 4.78 is 0. The van der Waals surface area contributed by atoms with Crippen molar-refractivity contribution in [1.82, 2.24) is 0 Å². The number of aliphatic carboxylic acids is 1. The molecule has 0 aromatic heterocycles. The maximum absolute atomic E-state index is 11.1. The molecule has 1 saturated carbocycles. The average molecular weight is 241 g/mol. The molecule has 1 aliphatic carbocycles. The minimum Gasteiger partial charge on any atom is -0.481 e. The monoisotopic (exact) mass is 241 g/mol. The first kappa shape index (κ1) is 12.4. The molecule has 1 fully saturated rings. The van der Waals surface area contributed by atoms with E-state index in [1.165, 1.54) is 0 Å². The molecule has 3 heteroatoms. The van der Waals surface area contributed by atoms with E-state index in [0.29, 0.717) is 5.57 Å². The SMILES string of the molecule is CC1(C)C(C(C#N)=Cc2ccccc2)[C@@H]1C(=O)O. The molecule has 0 heterocycles. The summed E-state index contributed by atoms with van der Waals surface area (Å²) in [5.74, 6) is -1.45. The van der Waals surface area contributed by atoms with Gasteiger partial charge in [-0.25, -0.2) is 0 Å². The predicted molar refractivity (Wildman–Crippen MR) is 68.4 cm³/mol. The fraction of sp³-hybridized carbons (Fsp3) is 0.333. The Kier molecular flexibility index (Phi) is 2.96. The molecule has 1 N–H and O–H groups in total. The predicted octanol–water partition coefficient (Wildman–Crippen LogP) is 2.95. The van der Waals surface area contributed by atoms with Crippen molar-refractivity contribution < 1.29 is 9.90 Å². The van der Waals surface area contributed by atoms with Gasteiger partial charge >= 0.3 is 5.97 Å². The van der Waals surface area contributed by atoms with Gasteiger partial charge in [0.2, 0.25) is 0 Å². The van der Waals surface area contributed by atoms with Crippen molar-refractivity contribution in [3.63, 3.8) is 0 Å². The maximum atomic E-state index is 11.1. The molecule has 0 radical (unpaired) electrons. The van der Waals surface area contributed by atoms with Crippen molar-refractivity contribution >= 4 is 12.0 Å². The van der Waals surface area contributed by atoms with E-state index in [9.17, 15) is 10.1 Å². The quantitative estimate of drug-likeness (QED) is 0.827. The Hall–Kier alpha value is -2.08. The third kappa shape index (κ3) is 2.02. The van der Waals surface area contributed by atoms with Crippen LogP contribution in [-0.4, -0.2) is 11.1 Å². The molecule has 2 atom stereocenters. The van der Waals surface area contributed by atoms with Gasteiger partial charge in [-0.2, -0.15) is 5.26 Å². The van der Waals surface area contributed by atoms with Crippen LogP contribution in [0, 0.1) is 28.6 Å². The molecule has 2 rings (SSSR count). The Bertz CT molecular complexity index is 537. The number of carboxylic acid groups (broad SMARTS) is 1. The molecular formula is C15H15NO2. The first-order chi connectivity index (χ1) is 8.48. The molecule has 1 aliphatic rings. The summed E-state index contributed by atoms with van der Waals surface area (Å²) in [5, 5.41) is 18.4. The van der Waals surface area contributed by atoms with Crippen LogP contribution in [-0.2, 0) is 4.79 Å². The van der Waals surface area contributed by atoms with Crippen molar-refractivity contribution in [2.24, 2.45) is 17.3 Å². The molecule has 0 aliphatic heterocycles. The molecule has 1 aromatic rings. The molecule has 1 aromatic carbocycles. The average Bonchev–Trinajstić information content (AvgIpc) is 2.90. The van der Waals surface area contributed by atoms with Gasteiger partial charge in [0, 0.05) is 11.5 Å². The summed E-state index contributed by atoms with van der Waals surface area (Å²) in [6.07, 6.45) is 1.79. The van der Waals surface area contributed by atoms with Gasteiger partial charge in [-0.15, -0.1) is 0 Å². The number of carboxylic acids is 1. The lowest BCUT2D eigenvalue weighted by Crippen LogP contribution is -2.03. The molecule has 0 saturated heterocycles. The molecular weight excluding hydrogens is 226 g/mol. The number of nitriles is 1. The van der Waals surface area contributed by atoms with Crippen LogP contribution in [0.1, 0.15) is 19.4 Å². The number of hydrogen-bond acceptors (Lipinski definition) is 2. The summed E-state index contributed by atoms with van der Waals surface area (Å²) in [4.78, 5) is 11.1. The number of hydrogen-bond donors (Lipinski definition) is 1. The van der Waals surface area contributed by atoms with Crippen LogP contribution in [0.4, 0.5) is 0 Å². The smallest absolute Gasteiger partial charge is 0.307 e. The number of nitrogens with zero attached hydrogens (tertiary/aromatic N) is 1. The summed E-state index contributed by atoms with van der Waals surface area (Å²) in [5.41, 5.74) is 1.15. The fourth-order valence-electron chi connectivity index (χ4n) is 2.60. The Morgan fingerprint density at radius 2 is 1.94 bits per heavy atom. The van der Waals surface area contributed by atoms with E-state index in [0.717, 1.165) is 5.56 Å². The van der Waals surface area contributed by atoms with Gasteiger partial charge in [-0.1, -0.05) is 44.2 Å². The van der Waals surface area contributed by atoms with Crippen molar-refractivity contribution in [3.8, 4) is 6.07 Å². The van der Waals surface area contributed by atoms with Crippen molar-refractivity contribution in [2.45, 2.75) is 13.8 Å². The van der Waals surface area contributed by atoms with E-state index < -0.39 is 11.9 Å². The lowest BCUT2D eigenvalue weighted by molar-refractivity contribution is -0.139. The van der Waals surface area contributed by atoms with Gasteiger partial charge in [0.1, 0.15) is 0 Å². The molecule has 0 amide bonds. The van der Waals surface area contributed by atoms with Gasteiger partial charge in [-0.3, -0.25) is 4.79 Å². The highest BCUT2D eigenvalue weighted by Gasteiger charge is 2.63. The summed E-state index contributed by atoms with van der Waals surface area (Å²) in [7, 11) is 0. The first-order valence-electron chi connectivity index (χ1n) is 5.88. The normalized spacial score (nSPS) is 25.3. The summed E-state index contributed by atoms with van der Waals surface area (Å²) in [6, 6.07) is 11.7. The molecule has 3 nitrogen and oxygen atoms in total. The van der Waals surface area contributed by atoms with Crippen LogP contribution >= 0.6 is 0 Å². The van der Waals surface area contributed by atoms with Gasteiger partial charge in [0.05, 0.1) is 12.0 Å². The lowest BCUT2D eigenvalue weighted by Gasteiger charge is -2.00. The van der Waals surface area contributed by atoms with E-state index in [-0.39, 0.29) is 11.3 Å². The second-order valence-electron chi connectivity index (χ2n) is 5.24. The largest absolute Gasteiger partial charge is 0.481 e. The molecule has 18 heavy (non-hydrogen) atoms. The number of rotatable bonds is 3. The molecule has 0 spiro atoms. The third-order valence-corrected chi connectivity index (χ3v) is 3.68. The fourth-order valence-corrected chi connectivity index (χ4v) is 2.60. The van der Waals surface area contributed by atoms with Gasteiger partial charge in [0.25, 0.3) is 0 Å². The first-order valence-corrected chi connectivity index (χ1v) is 5.88. The van der Waals surface area contributed by atoms with Crippen LogP contribution in [0.3, 0.4) is 0 Å². The van der Waals surface area contributed by atoms with Crippen LogP contribution < -0.4 is 0 Å². The standard InChI is InChI=1S/C15H15NO2/c1-15(2)12(13(15)14(17)18)11(9-16)8-10-6-4-3-5-7-10/h3-8,12-13H,1-2H3,(H,17,18)/t12?,13-/m1/s1.